The summed E-state index contributed by atoms with van der Waals surface area (Å²) < 4.78 is 19.4. The van der Waals surface area contributed by atoms with Crippen LogP contribution in [0.15, 0.2) is 46.9 Å². The van der Waals surface area contributed by atoms with Gasteiger partial charge in [-0.2, -0.15) is 0 Å². The fraction of sp³-hybridized carbons (Fsp3) is 0.250. The molecule has 1 N–H and O–H groups in total. The van der Waals surface area contributed by atoms with Gasteiger partial charge in [-0.15, -0.1) is 17.0 Å². The highest BCUT2D eigenvalue weighted by atomic mass is 79.9. The number of nitrogens with one attached hydrogen (secondary N) is 1. The van der Waals surface area contributed by atoms with E-state index in [1.165, 1.54) is 6.07 Å². The van der Waals surface area contributed by atoms with Gasteiger partial charge in [-0.1, -0.05) is 28.1 Å². The van der Waals surface area contributed by atoms with Gasteiger partial charge in [0.25, 0.3) is 0 Å². The molecule has 0 radical (unpaired) electrons. The third kappa shape index (κ3) is 5.77. The van der Waals surface area contributed by atoms with Crippen LogP contribution in [0.5, 0.6) is 5.75 Å². The Hall–Kier alpha value is -0.910. The van der Waals surface area contributed by atoms with Crippen molar-refractivity contribution in [3.8, 4) is 5.75 Å². The van der Waals surface area contributed by atoms with E-state index in [0.717, 1.165) is 40.9 Å². The number of ether oxygens (including phenoxy) is 1. The van der Waals surface area contributed by atoms with E-state index in [1.54, 1.807) is 19.2 Å². The van der Waals surface area contributed by atoms with Crippen molar-refractivity contribution in [3.63, 3.8) is 0 Å². The average molecular weight is 419 g/mol. The van der Waals surface area contributed by atoms with Crippen molar-refractivity contribution in [2.24, 2.45) is 0 Å². The second-order valence-corrected chi connectivity index (χ2v) is 5.43. The molecule has 0 amide bonds. The maximum absolute atomic E-state index is 13.0. The Bertz CT molecular complexity index is 578. The SMILES string of the molecule is Br.COc1ccc(Br)cc1CNCCc1cccc(F)c1. The summed E-state index contributed by atoms with van der Waals surface area (Å²) in [6, 6.07) is 12.6. The molecule has 5 heteroatoms. The Kier molecular flexibility index (Phi) is 7.93. The summed E-state index contributed by atoms with van der Waals surface area (Å²) in [5.41, 5.74) is 2.10. The van der Waals surface area contributed by atoms with Crippen LogP contribution in [0.4, 0.5) is 4.39 Å². The largest absolute Gasteiger partial charge is 0.496 e. The number of hydrogen-bond donors (Lipinski definition) is 1. The van der Waals surface area contributed by atoms with Crippen LogP contribution in [0.3, 0.4) is 0 Å². The molecule has 0 bridgehead atoms. The third-order valence-corrected chi connectivity index (χ3v) is 3.53. The van der Waals surface area contributed by atoms with E-state index in [2.05, 4.69) is 21.2 Å². The maximum Gasteiger partial charge on any atom is 0.123 e. The van der Waals surface area contributed by atoms with E-state index in [-0.39, 0.29) is 22.8 Å². The van der Waals surface area contributed by atoms with Gasteiger partial charge in [0.2, 0.25) is 0 Å². The molecule has 0 heterocycles. The Morgan fingerprint density at radius 1 is 1.19 bits per heavy atom. The quantitative estimate of drug-likeness (QED) is 0.697. The standard InChI is InChI=1S/C16H17BrFNO.BrH/c1-20-16-6-5-14(17)10-13(16)11-19-8-7-12-3-2-4-15(18)9-12;/h2-6,9-10,19H,7-8,11H2,1H3;1H. The third-order valence-electron chi connectivity index (χ3n) is 3.04. The molecule has 0 fully saturated rings. The molecule has 0 aliphatic carbocycles. The van der Waals surface area contributed by atoms with Gasteiger partial charge in [-0.25, -0.2) is 4.39 Å². The molecule has 21 heavy (non-hydrogen) atoms. The van der Waals surface area contributed by atoms with Gasteiger partial charge in [0.05, 0.1) is 7.11 Å². The van der Waals surface area contributed by atoms with Crippen molar-refractivity contribution in [1.29, 1.82) is 0 Å². The van der Waals surface area contributed by atoms with E-state index >= 15 is 0 Å². The lowest BCUT2D eigenvalue weighted by molar-refractivity contribution is 0.407. The van der Waals surface area contributed by atoms with Crippen LogP contribution in [0.1, 0.15) is 11.1 Å². The molecule has 0 unspecified atom stereocenters. The van der Waals surface area contributed by atoms with Crippen molar-refractivity contribution in [2.75, 3.05) is 13.7 Å². The zero-order valence-corrected chi connectivity index (χ0v) is 15.0. The molecule has 0 saturated carbocycles. The molecule has 0 aliphatic heterocycles. The van der Waals surface area contributed by atoms with Gasteiger partial charge in [0.1, 0.15) is 11.6 Å². The lowest BCUT2D eigenvalue weighted by atomic mass is 10.1. The Balaban J connectivity index is 0.00000220. The summed E-state index contributed by atoms with van der Waals surface area (Å²) in [4.78, 5) is 0. The molecule has 2 rings (SSSR count). The molecule has 0 saturated heterocycles. The summed E-state index contributed by atoms with van der Waals surface area (Å²) in [7, 11) is 1.67. The predicted molar refractivity (Wildman–Crippen MR) is 92.8 cm³/mol. The number of methoxy groups -OCH3 is 1. The molecule has 2 aromatic rings. The minimum Gasteiger partial charge on any atom is -0.496 e. The lowest BCUT2D eigenvalue weighted by Crippen LogP contribution is -2.17. The summed E-state index contributed by atoms with van der Waals surface area (Å²) in [5, 5.41) is 3.35. The molecular weight excluding hydrogens is 401 g/mol. The van der Waals surface area contributed by atoms with Crippen molar-refractivity contribution in [3.05, 3.63) is 63.9 Å². The summed E-state index contributed by atoms with van der Waals surface area (Å²) >= 11 is 3.45. The van der Waals surface area contributed by atoms with E-state index in [4.69, 9.17) is 4.74 Å². The molecule has 0 aromatic heterocycles. The fourth-order valence-corrected chi connectivity index (χ4v) is 2.44. The fourth-order valence-electron chi connectivity index (χ4n) is 2.03. The predicted octanol–water partition coefficient (Wildman–Crippen LogP) is 4.51. The molecule has 0 spiro atoms. The second kappa shape index (κ2) is 9.18. The smallest absolute Gasteiger partial charge is 0.123 e. The van der Waals surface area contributed by atoms with Crippen LogP contribution in [-0.4, -0.2) is 13.7 Å². The minimum atomic E-state index is -0.184. The minimum absolute atomic E-state index is 0. The van der Waals surface area contributed by atoms with Crippen LogP contribution < -0.4 is 10.1 Å². The normalized spacial score (nSPS) is 10.0. The molecule has 0 atom stereocenters. The number of rotatable bonds is 6. The Morgan fingerprint density at radius 3 is 2.71 bits per heavy atom. The zero-order chi connectivity index (χ0) is 14.4. The maximum atomic E-state index is 13.0. The van der Waals surface area contributed by atoms with Gasteiger partial charge in [0, 0.05) is 16.6 Å². The highest BCUT2D eigenvalue weighted by Crippen LogP contribution is 2.22. The Morgan fingerprint density at radius 2 is 2.00 bits per heavy atom. The number of hydrogen-bond acceptors (Lipinski definition) is 2. The van der Waals surface area contributed by atoms with E-state index in [1.807, 2.05) is 24.3 Å². The van der Waals surface area contributed by atoms with Crippen LogP contribution in [0.25, 0.3) is 0 Å². The van der Waals surface area contributed by atoms with Crippen LogP contribution >= 0.6 is 32.9 Å². The van der Waals surface area contributed by atoms with Crippen molar-refractivity contribution in [2.45, 2.75) is 13.0 Å². The van der Waals surface area contributed by atoms with E-state index in [0.29, 0.717) is 0 Å². The lowest BCUT2D eigenvalue weighted by Gasteiger charge is -2.10. The summed E-state index contributed by atoms with van der Waals surface area (Å²) in [5.74, 6) is 0.683. The van der Waals surface area contributed by atoms with Crippen molar-refractivity contribution in [1.82, 2.24) is 5.32 Å². The topological polar surface area (TPSA) is 21.3 Å². The molecule has 2 aromatic carbocycles. The van der Waals surface area contributed by atoms with Gasteiger partial charge >= 0.3 is 0 Å². The van der Waals surface area contributed by atoms with Gasteiger partial charge in [-0.3, -0.25) is 0 Å². The average Bonchev–Trinajstić information content (AvgIpc) is 2.44. The highest BCUT2D eigenvalue weighted by Gasteiger charge is 2.03. The zero-order valence-electron chi connectivity index (χ0n) is 11.7. The van der Waals surface area contributed by atoms with Crippen molar-refractivity contribution >= 4 is 32.9 Å². The molecule has 2 nitrogen and oxygen atoms in total. The summed E-state index contributed by atoms with van der Waals surface area (Å²) in [6.45, 7) is 1.51. The van der Waals surface area contributed by atoms with Crippen LogP contribution in [-0.2, 0) is 13.0 Å². The second-order valence-electron chi connectivity index (χ2n) is 4.51. The first-order valence-electron chi connectivity index (χ1n) is 6.46. The highest BCUT2D eigenvalue weighted by molar-refractivity contribution is 9.10. The first-order valence-corrected chi connectivity index (χ1v) is 7.26. The number of benzene rings is 2. The van der Waals surface area contributed by atoms with Crippen LogP contribution in [0.2, 0.25) is 0 Å². The monoisotopic (exact) mass is 417 g/mol. The summed E-state index contributed by atoms with van der Waals surface area (Å²) in [6.07, 6.45) is 0.800. The van der Waals surface area contributed by atoms with Gasteiger partial charge in [0.15, 0.2) is 0 Å². The first-order chi connectivity index (χ1) is 9.69. The van der Waals surface area contributed by atoms with Gasteiger partial charge in [-0.05, 0) is 48.9 Å². The molecule has 0 aliphatic rings. The Labute approximate surface area is 143 Å². The van der Waals surface area contributed by atoms with Crippen LogP contribution in [0, 0.1) is 5.82 Å². The van der Waals surface area contributed by atoms with E-state index < -0.39 is 0 Å². The van der Waals surface area contributed by atoms with Crippen molar-refractivity contribution < 1.29 is 9.13 Å². The molecule has 114 valence electrons. The van der Waals surface area contributed by atoms with E-state index in [9.17, 15) is 4.39 Å². The van der Waals surface area contributed by atoms with Gasteiger partial charge < -0.3 is 10.1 Å². The number of halogens is 3. The molecular formula is C16H18Br2FNO. The first kappa shape index (κ1) is 18.1.